The molecule has 2 aromatic heterocycles. The number of aromatic amines is 1. The van der Waals surface area contributed by atoms with Crippen LogP contribution in [0.25, 0.3) is 11.2 Å². The Bertz CT molecular complexity index is 1070. The molecular formula is C18H19N5O6. The second kappa shape index (κ2) is 7.99. The van der Waals surface area contributed by atoms with Gasteiger partial charge in [-0.1, -0.05) is 18.2 Å². The molecule has 3 atom stereocenters. The van der Waals surface area contributed by atoms with E-state index in [1.165, 1.54) is 10.9 Å². The van der Waals surface area contributed by atoms with Gasteiger partial charge >= 0.3 is 5.69 Å². The highest BCUT2D eigenvalue weighted by Gasteiger charge is 2.36. The molecule has 152 valence electrons. The van der Waals surface area contributed by atoms with Crippen LogP contribution in [0.3, 0.4) is 0 Å². The fraction of sp³-hybridized carbons (Fsp3) is 0.333. The Balaban J connectivity index is 1.54. The number of benzene rings is 1. The molecule has 0 saturated carbocycles. The maximum atomic E-state index is 12.5. The van der Waals surface area contributed by atoms with Crippen LogP contribution in [-0.4, -0.2) is 61.1 Å². The van der Waals surface area contributed by atoms with Crippen LogP contribution in [0.1, 0.15) is 12.6 Å². The zero-order valence-electron chi connectivity index (χ0n) is 15.2. The number of aromatic nitrogens is 4. The fourth-order valence-corrected chi connectivity index (χ4v) is 3.17. The molecule has 0 spiro atoms. The van der Waals surface area contributed by atoms with Gasteiger partial charge in [0.15, 0.2) is 18.1 Å². The van der Waals surface area contributed by atoms with Gasteiger partial charge in [-0.15, -0.1) is 0 Å². The highest BCUT2D eigenvalue weighted by Crippen LogP contribution is 2.30. The summed E-state index contributed by atoms with van der Waals surface area (Å²) in [4.78, 5) is 35.4. The second-order valence-electron chi connectivity index (χ2n) is 6.49. The first-order valence-electron chi connectivity index (χ1n) is 8.94. The van der Waals surface area contributed by atoms with Crippen LogP contribution in [0.2, 0.25) is 0 Å². The molecule has 3 heterocycles. The van der Waals surface area contributed by atoms with E-state index in [4.69, 9.17) is 9.47 Å². The minimum absolute atomic E-state index is 0.116. The minimum Gasteiger partial charge on any atom is -0.484 e. The van der Waals surface area contributed by atoms with E-state index in [0.29, 0.717) is 5.75 Å². The molecule has 11 heteroatoms. The predicted molar refractivity (Wildman–Crippen MR) is 100 cm³/mol. The first-order valence-corrected chi connectivity index (χ1v) is 8.94. The minimum atomic E-state index is -0.905. The first kappa shape index (κ1) is 19.1. The lowest BCUT2D eigenvalue weighted by Crippen LogP contribution is -2.25. The lowest BCUT2D eigenvalue weighted by molar-refractivity contribution is -0.118. The largest absolute Gasteiger partial charge is 0.484 e. The van der Waals surface area contributed by atoms with E-state index in [0.717, 1.165) is 0 Å². The van der Waals surface area contributed by atoms with Crippen LogP contribution < -0.4 is 15.7 Å². The number of hydrogen-bond donors (Lipinski definition) is 4. The second-order valence-corrected chi connectivity index (χ2v) is 6.49. The van der Waals surface area contributed by atoms with E-state index < -0.39 is 30.0 Å². The number of H-pyrrole nitrogens is 1. The van der Waals surface area contributed by atoms with E-state index in [1.807, 2.05) is 6.07 Å². The number of fused-ring (bicyclic) bond motifs is 1. The Hall–Kier alpha value is -3.28. The molecule has 1 saturated heterocycles. The average Bonchev–Trinajstić information content (AvgIpc) is 3.26. The average molecular weight is 401 g/mol. The SMILES string of the molecule is O=C(COc1ccccc1)Nc1ncnc2c1[nH]c(=O)n2[C@H]1C[C@H](O)[C@@H](CO)O1. The number of amides is 1. The summed E-state index contributed by atoms with van der Waals surface area (Å²) < 4.78 is 12.2. The Labute approximate surface area is 163 Å². The van der Waals surface area contributed by atoms with E-state index >= 15 is 0 Å². The normalized spacial score (nSPS) is 21.4. The molecule has 4 rings (SSSR count). The third kappa shape index (κ3) is 3.83. The predicted octanol–water partition coefficient (Wildman–Crippen LogP) is -0.222. The number of imidazole rings is 1. The fourth-order valence-electron chi connectivity index (χ4n) is 3.17. The Morgan fingerprint density at radius 2 is 2.14 bits per heavy atom. The van der Waals surface area contributed by atoms with Gasteiger partial charge in [-0.25, -0.2) is 19.3 Å². The van der Waals surface area contributed by atoms with Crippen LogP contribution in [0.15, 0.2) is 41.5 Å². The van der Waals surface area contributed by atoms with E-state index in [2.05, 4.69) is 20.3 Å². The van der Waals surface area contributed by atoms with Crippen molar-refractivity contribution in [2.24, 2.45) is 0 Å². The zero-order valence-corrected chi connectivity index (χ0v) is 15.2. The smallest absolute Gasteiger partial charge is 0.329 e. The quantitative estimate of drug-likeness (QED) is 0.442. The number of rotatable bonds is 6. The molecular weight excluding hydrogens is 382 g/mol. The van der Waals surface area contributed by atoms with Crippen molar-refractivity contribution in [2.75, 3.05) is 18.5 Å². The number of nitrogens with one attached hydrogen (secondary N) is 2. The number of carbonyl (C=O) groups is 1. The summed E-state index contributed by atoms with van der Waals surface area (Å²) in [5.74, 6) is 0.200. The number of carbonyl (C=O) groups excluding carboxylic acids is 1. The van der Waals surface area contributed by atoms with Crippen molar-refractivity contribution in [1.29, 1.82) is 0 Å². The van der Waals surface area contributed by atoms with E-state index in [9.17, 15) is 19.8 Å². The van der Waals surface area contributed by atoms with Crippen LogP contribution in [0.5, 0.6) is 5.75 Å². The highest BCUT2D eigenvalue weighted by atomic mass is 16.5. The molecule has 1 aromatic carbocycles. The maximum Gasteiger partial charge on any atom is 0.329 e. The van der Waals surface area contributed by atoms with Gasteiger partial charge in [0.05, 0.1) is 12.7 Å². The third-order valence-electron chi connectivity index (χ3n) is 4.55. The molecule has 1 fully saturated rings. The number of aliphatic hydroxyl groups is 2. The summed E-state index contributed by atoms with van der Waals surface area (Å²) in [6.07, 6.45) is -1.17. The van der Waals surface area contributed by atoms with Gasteiger partial charge in [-0.3, -0.25) is 4.79 Å². The van der Waals surface area contributed by atoms with Crippen LogP contribution in [0, 0.1) is 0 Å². The zero-order chi connectivity index (χ0) is 20.4. The standard InChI is InChI=1S/C18H19N5O6/c24-7-12-11(25)6-14(29-12)23-17-15(22-18(23)27)16(19-9-20-17)21-13(26)8-28-10-4-2-1-3-5-10/h1-5,9,11-12,14,24-25H,6-8H2,(H,22,27)(H,19,20,21,26)/t11-,12+,14+/m0/s1. The van der Waals surface area contributed by atoms with Crippen LogP contribution >= 0.6 is 0 Å². The maximum absolute atomic E-state index is 12.5. The summed E-state index contributed by atoms with van der Waals surface area (Å²) in [6.45, 7) is -0.608. The molecule has 1 amide bonds. The Morgan fingerprint density at radius 3 is 2.86 bits per heavy atom. The lowest BCUT2D eigenvalue weighted by atomic mass is 10.2. The van der Waals surface area contributed by atoms with Crippen LogP contribution in [0.4, 0.5) is 5.82 Å². The van der Waals surface area contributed by atoms with Crippen molar-refractivity contribution >= 4 is 22.9 Å². The monoisotopic (exact) mass is 401 g/mol. The molecule has 0 bridgehead atoms. The van der Waals surface area contributed by atoms with Gasteiger partial charge in [-0.05, 0) is 12.1 Å². The van der Waals surface area contributed by atoms with Crippen molar-refractivity contribution in [3.05, 3.63) is 47.1 Å². The topological polar surface area (TPSA) is 152 Å². The van der Waals surface area contributed by atoms with E-state index in [-0.39, 0.29) is 36.6 Å². The van der Waals surface area contributed by atoms with Gasteiger partial charge in [0.2, 0.25) is 0 Å². The molecule has 1 aliphatic rings. The van der Waals surface area contributed by atoms with Crippen molar-refractivity contribution in [1.82, 2.24) is 19.5 Å². The molecule has 1 aliphatic heterocycles. The van der Waals surface area contributed by atoms with Crippen molar-refractivity contribution in [3.63, 3.8) is 0 Å². The van der Waals surface area contributed by atoms with Crippen molar-refractivity contribution < 1.29 is 24.5 Å². The van der Waals surface area contributed by atoms with Gasteiger partial charge in [0.25, 0.3) is 5.91 Å². The summed E-state index contributed by atoms with van der Waals surface area (Å²) in [5, 5.41) is 21.8. The third-order valence-corrected chi connectivity index (χ3v) is 4.55. The highest BCUT2D eigenvalue weighted by molar-refractivity contribution is 5.97. The lowest BCUT2D eigenvalue weighted by Gasteiger charge is -2.13. The molecule has 3 aromatic rings. The number of ether oxygens (including phenoxy) is 2. The molecule has 0 radical (unpaired) electrons. The molecule has 0 unspecified atom stereocenters. The van der Waals surface area contributed by atoms with E-state index in [1.54, 1.807) is 24.3 Å². The first-order chi connectivity index (χ1) is 14.1. The number of para-hydroxylation sites is 1. The summed E-state index contributed by atoms with van der Waals surface area (Å²) in [5.41, 5.74) is -0.108. The Morgan fingerprint density at radius 1 is 1.34 bits per heavy atom. The summed E-state index contributed by atoms with van der Waals surface area (Å²) in [6, 6.07) is 8.87. The summed E-state index contributed by atoms with van der Waals surface area (Å²) in [7, 11) is 0. The van der Waals surface area contributed by atoms with Crippen LogP contribution in [-0.2, 0) is 9.53 Å². The molecule has 4 N–H and O–H groups in total. The van der Waals surface area contributed by atoms with Gasteiger partial charge in [-0.2, -0.15) is 0 Å². The number of hydrogen-bond acceptors (Lipinski definition) is 8. The van der Waals surface area contributed by atoms with Gasteiger partial charge in [0.1, 0.15) is 29.9 Å². The number of nitrogens with zero attached hydrogens (tertiary/aromatic N) is 3. The molecule has 11 nitrogen and oxygen atoms in total. The number of anilines is 1. The summed E-state index contributed by atoms with van der Waals surface area (Å²) >= 11 is 0. The van der Waals surface area contributed by atoms with Gasteiger partial charge < -0.3 is 30.0 Å². The number of aliphatic hydroxyl groups excluding tert-OH is 2. The van der Waals surface area contributed by atoms with Gasteiger partial charge in [0, 0.05) is 6.42 Å². The van der Waals surface area contributed by atoms with Crippen molar-refractivity contribution in [3.8, 4) is 5.75 Å². The Kier molecular flexibility index (Phi) is 5.25. The molecule has 0 aliphatic carbocycles. The molecule has 29 heavy (non-hydrogen) atoms. The van der Waals surface area contributed by atoms with Crippen molar-refractivity contribution in [2.45, 2.75) is 24.9 Å².